The monoisotopic (exact) mass is 377 g/mol. The molecule has 1 aliphatic heterocycles. The second kappa shape index (κ2) is 7.73. The van der Waals surface area contributed by atoms with E-state index >= 15 is 0 Å². The average molecular weight is 377 g/mol. The van der Waals surface area contributed by atoms with E-state index in [2.05, 4.69) is 0 Å². The zero-order valence-electron chi connectivity index (χ0n) is 14.7. The van der Waals surface area contributed by atoms with Crippen LogP contribution in [0.4, 0.5) is 0 Å². The van der Waals surface area contributed by atoms with Crippen LogP contribution < -0.4 is 9.47 Å². The molecule has 0 spiro atoms. The molecule has 0 unspecified atom stereocenters. The third kappa shape index (κ3) is 4.24. The van der Waals surface area contributed by atoms with Crippen molar-refractivity contribution in [1.82, 2.24) is 0 Å². The van der Waals surface area contributed by atoms with Gasteiger partial charge in [-0.15, -0.1) is 0 Å². The highest BCUT2D eigenvalue weighted by molar-refractivity contribution is 5.98. The molecule has 144 valence electrons. The van der Waals surface area contributed by atoms with Gasteiger partial charge in [0.25, 0.3) is 0 Å². The number of ketones is 2. The molecule has 0 amide bonds. The van der Waals surface area contributed by atoms with Gasteiger partial charge in [0.05, 0.1) is 6.42 Å². The molecule has 9 heteroatoms. The first-order chi connectivity index (χ1) is 12.8. The molecule has 2 aliphatic rings. The van der Waals surface area contributed by atoms with Gasteiger partial charge in [0.2, 0.25) is 13.3 Å². The lowest BCUT2D eigenvalue weighted by Gasteiger charge is -2.16. The maximum absolute atomic E-state index is 12.2. The number of hydrogen-bond acceptors (Lipinski definition) is 8. The van der Waals surface area contributed by atoms with Crippen molar-refractivity contribution in [2.45, 2.75) is 19.8 Å². The first-order valence-electron chi connectivity index (χ1n) is 8.58. The van der Waals surface area contributed by atoms with Gasteiger partial charge in [0, 0.05) is 28.7 Å². The molecule has 1 aliphatic carbocycles. The van der Waals surface area contributed by atoms with Gasteiger partial charge in [-0.3, -0.25) is 24.5 Å². The van der Waals surface area contributed by atoms with Crippen LogP contribution >= 0.6 is 0 Å². The molecule has 1 heterocycles. The maximum Gasteiger partial charge on any atom is 0.306 e. The first kappa shape index (κ1) is 18.8. The molecule has 0 N–H and O–H groups in total. The van der Waals surface area contributed by atoms with Crippen molar-refractivity contribution < 1.29 is 33.5 Å². The third-order valence-electron chi connectivity index (χ3n) is 4.99. The number of nitrogens with zero attached hydrogens (tertiary/aromatic N) is 1. The van der Waals surface area contributed by atoms with Gasteiger partial charge >= 0.3 is 5.97 Å². The van der Waals surface area contributed by atoms with Crippen LogP contribution in [0.5, 0.6) is 11.5 Å². The number of Topliss-reactive ketones (excluding diaryl/α,β-unsaturated/α-hetero) is 2. The minimum atomic E-state index is -0.737. The zero-order chi connectivity index (χ0) is 19.6. The fourth-order valence-corrected chi connectivity index (χ4v) is 3.54. The molecule has 27 heavy (non-hydrogen) atoms. The number of benzene rings is 1. The fraction of sp³-hybridized carbons (Fsp3) is 0.500. The molecular formula is C18H19NO8. The Bertz CT molecular complexity index is 790. The standard InChI is InChI=1S/C18H19NO8/c1-10-4-14(20)12(13(10)7-19(23)24)6-18(22)25-8-15(21)11-2-3-16-17(5-11)27-9-26-16/h2-3,5,10,12-13H,4,6-9H2,1H3/t10-,12-,13-/m1/s1. The number of hydrogen-bond donors (Lipinski definition) is 0. The van der Waals surface area contributed by atoms with Crippen LogP contribution in [-0.4, -0.2) is 42.4 Å². The van der Waals surface area contributed by atoms with Gasteiger partial charge < -0.3 is 14.2 Å². The molecule has 3 atom stereocenters. The number of ether oxygens (including phenoxy) is 3. The largest absolute Gasteiger partial charge is 0.457 e. The quantitative estimate of drug-likeness (QED) is 0.304. The number of carbonyl (C=O) groups excluding carboxylic acids is 3. The maximum atomic E-state index is 12.2. The summed E-state index contributed by atoms with van der Waals surface area (Å²) in [6.45, 7) is 1.01. The van der Waals surface area contributed by atoms with E-state index in [9.17, 15) is 24.5 Å². The SMILES string of the molecule is C[C@@H]1CC(=O)[C@H](CC(=O)OCC(=O)c2ccc3c(c2)OCO3)[C@@H]1C[N+](=O)[O-]. The Labute approximate surface area is 154 Å². The Hall–Kier alpha value is -2.97. The number of fused-ring (bicyclic) bond motifs is 1. The van der Waals surface area contributed by atoms with E-state index in [1.807, 2.05) is 0 Å². The van der Waals surface area contributed by atoms with E-state index in [4.69, 9.17) is 14.2 Å². The van der Waals surface area contributed by atoms with Crippen molar-refractivity contribution in [3.8, 4) is 11.5 Å². The van der Waals surface area contributed by atoms with Crippen LogP contribution in [-0.2, 0) is 14.3 Å². The Morgan fingerprint density at radius 3 is 2.78 bits per heavy atom. The van der Waals surface area contributed by atoms with Crippen molar-refractivity contribution >= 4 is 17.5 Å². The van der Waals surface area contributed by atoms with Gasteiger partial charge in [-0.1, -0.05) is 6.92 Å². The highest BCUT2D eigenvalue weighted by Crippen LogP contribution is 2.36. The minimum absolute atomic E-state index is 0.0844. The van der Waals surface area contributed by atoms with E-state index in [0.29, 0.717) is 17.1 Å². The third-order valence-corrected chi connectivity index (χ3v) is 4.99. The normalized spacial score (nSPS) is 23.3. The van der Waals surface area contributed by atoms with Crippen LogP contribution in [0, 0.1) is 27.9 Å². The topological polar surface area (TPSA) is 122 Å². The lowest BCUT2D eigenvalue weighted by atomic mass is 9.88. The molecule has 0 bridgehead atoms. The number of rotatable bonds is 7. The summed E-state index contributed by atoms with van der Waals surface area (Å²) in [4.78, 5) is 46.6. The van der Waals surface area contributed by atoms with Crippen LogP contribution in [0.1, 0.15) is 30.1 Å². The highest BCUT2D eigenvalue weighted by atomic mass is 16.7. The molecule has 0 saturated heterocycles. The van der Waals surface area contributed by atoms with E-state index in [1.165, 1.54) is 6.07 Å². The molecular weight excluding hydrogens is 358 g/mol. The minimum Gasteiger partial charge on any atom is -0.457 e. The Kier molecular flexibility index (Phi) is 5.38. The van der Waals surface area contributed by atoms with Gasteiger partial charge in [-0.25, -0.2) is 0 Å². The molecule has 9 nitrogen and oxygen atoms in total. The zero-order valence-corrected chi connectivity index (χ0v) is 14.7. The summed E-state index contributed by atoms with van der Waals surface area (Å²) in [5.74, 6) is -1.72. The summed E-state index contributed by atoms with van der Waals surface area (Å²) in [5.41, 5.74) is 0.309. The predicted molar refractivity (Wildman–Crippen MR) is 90.1 cm³/mol. The second-order valence-corrected chi connectivity index (χ2v) is 6.79. The molecule has 0 radical (unpaired) electrons. The Balaban J connectivity index is 1.55. The van der Waals surface area contributed by atoms with Crippen molar-refractivity contribution in [3.63, 3.8) is 0 Å². The average Bonchev–Trinajstić information content (AvgIpc) is 3.18. The lowest BCUT2D eigenvalue weighted by Crippen LogP contribution is -2.28. The van der Waals surface area contributed by atoms with Gasteiger partial charge in [0.15, 0.2) is 23.9 Å². The van der Waals surface area contributed by atoms with E-state index in [0.717, 1.165) is 0 Å². The first-order valence-corrected chi connectivity index (χ1v) is 8.58. The van der Waals surface area contributed by atoms with Crippen molar-refractivity contribution in [2.24, 2.45) is 17.8 Å². The van der Waals surface area contributed by atoms with Gasteiger partial charge in [-0.2, -0.15) is 0 Å². The Morgan fingerprint density at radius 2 is 2.04 bits per heavy atom. The summed E-state index contributed by atoms with van der Waals surface area (Å²) in [6, 6.07) is 4.64. The molecule has 3 rings (SSSR count). The van der Waals surface area contributed by atoms with Crippen LogP contribution in [0.2, 0.25) is 0 Å². The van der Waals surface area contributed by atoms with Gasteiger partial charge in [0.1, 0.15) is 5.78 Å². The van der Waals surface area contributed by atoms with Crippen LogP contribution in [0.25, 0.3) is 0 Å². The van der Waals surface area contributed by atoms with E-state index in [1.54, 1.807) is 19.1 Å². The predicted octanol–water partition coefficient (Wildman–Crippen LogP) is 1.65. The fourth-order valence-electron chi connectivity index (χ4n) is 3.54. The number of carbonyl (C=O) groups is 3. The molecule has 1 fully saturated rings. The van der Waals surface area contributed by atoms with E-state index < -0.39 is 35.1 Å². The van der Waals surface area contributed by atoms with Crippen LogP contribution in [0.3, 0.4) is 0 Å². The van der Waals surface area contributed by atoms with Crippen molar-refractivity contribution in [2.75, 3.05) is 19.9 Å². The van der Waals surface area contributed by atoms with Gasteiger partial charge in [-0.05, 0) is 24.1 Å². The summed E-state index contributed by atoms with van der Waals surface area (Å²) in [6.07, 6.45) is -0.0390. The summed E-state index contributed by atoms with van der Waals surface area (Å²) < 4.78 is 15.4. The smallest absolute Gasteiger partial charge is 0.306 e. The molecule has 0 aromatic heterocycles. The number of nitro groups is 1. The van der Waals surface area contributed by atoms with Crippen molar-refractivity contribution in [1.29, 1.82) is 0 Å². The summed E-state index contributed by atoms with van der Waals surface area (Å²) in [5, 5.41) is 10.8. The summed E-state index contributed by atoms with van der Waals surface area (Å²) >= 11 is 0. The second-order valence-electron chi connectivity index (χ2n) is 6.79. The lowest BCUT2D eigenvalue weighted by molar-refractivity contribution is -0.490. The Morgan fingerprint density at radius 1 is 1.30 bits per heavy atom. The van der Waals surface area contributed by atoms with Crippen LogP contribution in [0.15, 0.2) is 18.2 Å². The van der Waals surface area contributed by atoms with Crippen molar-refractivity contribution in [3.05, 3.63) is 33.9 Å². The molecule has 1 aromatic rings. The molecule has 1 aromatic carbocycles. The van der Waals surface area contributed by atoms with E-state index in [-0.39, 0.29) is 37.9 Å². The summed E-state index contributed by atoms with van der Waals surface area (Å²) in [7, 11) is 0. The number of esters is 1. The molecule has 1 saturated carbocycles. The highest BCUT2D eigenvalue weighted by Gasteiger charge is 2.44.